The SMILES string of the molecule is CCCC(Br)C(=O)Nc1ccc2c(c1O)C(O)=C1C(=O)[C@]3(O)C(O)=C(C(N)=O)C(=O)[C@@H](N(C)C)C3C(O)C1C2C. The lowest BCUT2D eigenvalue weighted by Crippen LogP contribution is -2.70. The maximum atomic E-state index is 14.0. The molecule has 5 unspecified atom stereocenters. The monoisotopic (exact) mass is 621 g/mol. The van der Waals surface area contributed by atoms with Gasteiger partial charge in [-0.2, -0.15) is 0 Å². The van der Waals surface area contributed by atoms with E-state index in [4.69, 9.17) is 5.73 Å². The Kier molecular flexibility index (Phi) is 7.65. The number of aliphatic hydroxyl groups excluding tert-OH is 3. The number of rotatable bonds is 6. The van der Waals surface area contributed by atoms with Crippen LogP contribution in [0, 0.1) is 11.8 Å². The topological polar surface area (TPSA) is 211 Å². The van der Waals surface area contributed by atoms with Crippen LogP contribution in [0.25, 0.3) is 5.76 Å². The number of aliphatic hydroxyl groups is 4. The molecule has 1 aromatic carbocycles. The van der Waals surface area contributed by atoms with Crippen molar-refractivity contribution >= 4 is 50.8 Å². The van der Waals surface area contributed by atoms with Gasteiger partial charge in [-0.05, 0) is 38.1 Å². The Balaban J connectivity index is 1.93. The Labute approximate surface area is 238 Å². The van der Waals surface area contributed by atoms with Gasteiger partial charge in [0.15, 0.2) is 11.4 Å². The number of anilines is 1. The van der Waals surface area contributed by atoms with Gasteiger partial charge in [-0.25, -0.2) is 0 Å². The number of aromatic hydroxyl groups is 1. The normalized spacial score (nSPS) is 30.6. The van der Waals surface area contributed by atoms with Crippen LogP contribution >= 0.6 is 15.9 Å². The molecule has 0 radical (unpaired) electrons. The average molecular weight is 622 g/mol. The second-order valence-electron chi connectivity index (χ2n) is 10.7. The predicted octanol–water partition coefficient (Wildman–Crippen LogP) is 0.998. The molecule has 13 heteroatoms. The minimum atomic E-state index is -2.99. The number of halogens is 1. The molecule has 1 saturated carbocycles. The van der Waals surface area contributed by atoms with E-state index in [1.807, 2.05) is 6.92 Å². The quantitative estimate of drug-likeness (QED) is 0.136. The molecule has 1 fully saturated rings. The number of benzene rings is 1. The maximum Gasteiger partial charge on any atom is 0.255 e. The number of nitrogens with zero attached hydrogens (tertiary/aromatic N) is 1. The lowest BCUT2D eigenvalue weighted by atomic mass is 9.54. The highest BCUT2D eigenvalue weighted by molar-refractivity contribution is 9.10. The van der Waals surface area contributed by atoms with Gasteiger partial charge in [-0.15, -0.1) is 0 Å². The van der Waals surface area contributed by atoms with E-state index in [9.17, 15) is 44.7 Å². The van der Waals surface area contributed by atoms with Crippen molar-refractivity contribution in [1.82, 2.24) is 4.90 Å². The van der Waals surface area contributed by atoms with Crippen LogP contribution in [0.15, 0.2) is 29.0 Å². The van der Waals surface area contributed by atoms with E-state index in [1.165, 1.54) is 31.1 Å². The van der Waals surface area contributed by atoms with Crippen LogP contribution in [0.4, 0.5) is 5.69 Å². The molecule has 3 aliphatic rings. The van der Waals surface area contributed by atoms with Crippen molar-refractivity contribution in [1.29, 1.82) is 0 Å². The molecule has 3 aliphatic carbocycles. The van der Waals surface area contributed by atoms with Crippen LogP contribution in [-0.4, -0.2) is 90.5 Å². The van der Waals surface area contributed by atoms with Gasteiger partial charge in [0, 0.05) is 11.5 Å². The number of nitrogens with one attached hydrogen (secondary N) is 1. The average Bonchev–Trinajstić information content (AvgIpc) is 2.87. The van der Waals surface area contributed by atoms with Crippen LogP contribution in [0.2, 0.25) is 0 Å². The van der Waals surface area contributed by atoms with Gasteiger partial charge in [0.05, 0.1) is 34.1 Å². The van der Waals surface area contributed by atoms with Crippen LogP contribution in [0.3, 0.4) is 0 Å². The maximum absolute atomic E-state index is 14.0. The molecule has 40 heavy (non-hydrogen) atoms. The number of phenols is 1. The minimum Gasteiger partial charge on any atom is -0.508 e. The summed E-state index contributed by atoms with van der Waals surface area (Å²) >= 11 is 3.28. The second kappa shape index (κ2) is 10.3. The molecule has 7 atom stereocenters. The first-order valence-corrected chi connectivity index (χ1v) is 13.7. The summed E-state index contributed by atoms with van der Waals surface area (Å²) in [5.41, 5.74) is 0.937. The fourth-order valence-corrected chi connectivity index (χ4v) is 6.89. The van der Waals surface area contributed by atoms with Gasteiger partial charge in [0.1, 0.15) is 22.8 Å². The Hall–Kier alpha value is -3.26. The largest absolute Gasteiger partial charge is 0.508 e. The smallest absolute Gasteiger partial charge is 0.255 e. The highest BCUT2D eigenvalue weighted by Gasteiger charge is 2.68. The number of likely N-dealkylation sites (N-methyl/N-ethyl adjacent to an activating group) is 1. The van der Waals surface area contributed by atoms with Crippen LogP contribution in [0.5, 0.6) is 5.75 Å². The zero-order valence-electron chi connectivity index (χ0n) is 22.3. The van der Waals surface area contributed by atoms with Gasteiger partial charge in [-0.3, -0.25) is 24.1 Å². The summed E-state index contributed by atoms with van der Waals surface area (Å²) in [5.74, 6) is -10.2. The Morgan fingerprint density at radius 2 is 1.82 bits per heavy atom. The zero-order chi connectivity index (χ0) is 30.0. The minimum absolute atomic E-state index is 0.0443. The predicted molar refractivity (Wildman–Crippen MR) is 147 cm³/mol. The van der Waals surface area contributed by atoms with Crippen LogP contribution in [-0.2, 0) is 19.2 Å². The fourth-order valence-electron chi connectivity index (χ4n) is 6.31. The number of hydrogen-bond acceptors (Lipinski definition) is 10. The van der Waals surface area contributed by atoms with E-state index in [2.05, 4.69) is 21.2 Å². The van der Waals surface area contributed by atoms with Crippen LogP contribution < -0.4 is 11.1 Å². The molecule has 0 spiro atoms. The first-order chi connectivity index (χ1) is 18.6. The zero-order valence-corrected chi connectivity index (χ0v) is 23.9. The van der Waals surface area contributed by atoms with Crippen molar-refractivity contribution in [2.24, 2.45) is 17.6 Å². The molecule has 8 N–H and O–H groups in total. The van der Waals surface area contributed by atoms with E-state index in [0.717, 1.165) is 6.42 Å². The van der Waals surface area contributed by atoms with Gasteiger partial charge in [-0.1, -0.05) is 42.3 Å². The summed E-state index contributed by atoms with van der Waals surface area (Å²) in [6, 6.07) is 1.54. The Morgan fingerprint density at radius 1 is 1.20 bits per heavy atom. The molecule has 0 bridgehead atoms. The summed E-state index contributed by atoms with van der Waals surface area (Å²) in [6.07, 6.45) is -0.433. The van der Waals surface area contributed by atoms with Crippen molar-refractivity contribution in [2.75, 3.05) is 19.4 Å². The molecule has 0 heterocycles. The number of carbonyl (C=O) groups is 4. The van der Waals surface area contributed by atoms with Crippen molar-refractivity contribution in [3.63, 3.8) is 0 Å². The van der Waals surface area contributed by atoms with Gasteiger partial charge >= 0.3 is 0 Å². The lowest BCUT2D eigenvalue weighted by molar-refractivity contribution is -0.169. The molecule has 12 nitrogen and oxygen atoms in total. The van der Waals surface area contributed by atoms with E-state index in [0.29, 0.717) is 12.0 Å². The third-order valence-corrected chi connectivity index (χ3v) is 9.09. The molecule has 0 saturated heterocycles. The van der Waals surface area contributed by atoms with Crippen molar-refractivity contribution in [3.8, 4) is 5.75 Å². The van der Waals surface area contributed by atoms with Gasteiger partial charge < -0.3 is 36.6 Å². The molecule has 4 rings (SSSR count). The summed E-state index contributed by atoms with van der Waals surface area (Å²) in [7, 11) is 2.88. The van der Waals surface area contributed by atoms with E-state index in [1.54, 1.807) is 6.92 Å². The lowest BCUT2D eigenvalue weighted by Gasteiger charge is -2.53. The Morgan fingerprint density at radius 3 is 2.38 bits per heavy atom. The molecular formula is C27H32BrN3O9. The van der Waals surface area contributed by atoms with E-state index in [-0.39, 0.29) is 11.3 Å². The van der Waals surface area contributed by atoms with Crippen molar-refractivity contribution in [2.45, 2.75) is 55.2 Å². The van der Waals surface area contributed by atoms with Gasteiger partial charge in [0.25, 0.3) is 5.91 Å². The summed E-state index contributed by atoms with van der Waals surface area (Å²) < 4.78 is 0. The number of amides is 2. The van der Waals surface area contributed by atoms with Crippen molar-refractivity contribution < 1.29 is 44.7 Å². The standard InChI is InChI=1S/C27H32BrN3O9/c1-5-6-11(28)26(39)30-12-8-7-10-9(2)13-15(20(33)14(10)19(12)32)23(36)27(40)17(21(13)34)18(31(3)4)22(35)16(24(27)37)25(29)38/h7-9,11,13,17-18,21,32-34,37,40H,5-6H2,1-4H3,(H2,29,38)(H,30,39)/t9?,11?,13?,17?,18-,21?,27-/m0/s1. The summed E-state index contributed by atoms with van der Waals surface area (Å²) in [6.45, 7) is 3.53. The first-order valence-electron chi connectivity index (χ1n) is 12.8. The number of Topliss-reactive ketones (excluding diaryl/α,β-unsaturated/α-hetero) is 2. The molecular weight excluding hydrogens is 590 g/mol. The molecule has 216 valence electrons. The number of ketones is 2. The fraction of sp³-hybridized carbons (Fsp3) is 0.481. The molecule has 0 aliphatic heterocycles. The first kappa shape index (κ1) is 29.7. The number of carbonyl (C=O) groups excluding carboxylic acids is 4. The number of fused-ring (bicyclic) bond motifs is 3. The van der Waals surface area contributed by atoms with Crippen molar-refractivity contribution in [3.05, 3.63) is 40.2 Å². The number of nitrogens with two attached hydrogens (primary N) is 1. The number of alkyl halides is 1. The Bertz CT molecular complexity index is 1390. The third kappa shape index (κ3) is 4.06. The summed E-state index contributed by atoms with van der Waals surface area (Å²) in [4.78, 5) is 52.6. The number of primary amides is 1. The summed E-state index contributed by atoms with van der Waals surface area (Å²) in [5, 5.41) is 59.3. The highest BCUT2D eigenvalue weighted by atomic mass is 79.9. The van der Waals surface area contributed by atoms with Gasteiger partial charge in [0.2, 0.25) is 11.7 Å². The van der Waals surface area contributed by atoms with E-state index >= 15 is 0 Å². The molecule has 0 aromatic heterocycles. The van der Waals surface area contributed by atoms with Crippen LogP contribution in [0.1, 0.15) is 43.7 Å². The highest BCUT2D eigenvalue weighted by Crippen LogP contribution is 2.56. The number of phenolic OH excluding ortho intramolecular Hbond substituents is 1. The van der Waals surface area contributed by atoms with E-state index < -0.39 is 92.1 Å². The molecule has 2 amide bonds. The number of hydrogen-bond donors (Lipinski definition) is 7. The molecule has 1 aromatic rings. The second-order valence-corrected chi connectivity index (χ2v) is 11.8. The third-order valence-electron chi connectivity index (χ3n) is 8.21.